The van der Waals surface area contributed by atoms with Crippen LogP contribution in [-0.4, -0.2) is 36.0 Å². The van der Waals surface area contributed by atoms with E-state index in [1.165, 1.54) is 4.90 Å². The monoisotopic (exact) mass is 340 g/mol. The quantitative estimate of drug-likeness (QED) is 0.837. The number of halogens is 1. The van der Waals surface area contributed by atoms with Crippen molar-refractivity contribution >= 4 is 27.9 Å². The first-order valence-corrected chi connectivity index (χ1v) is 7.28. The third-order valence-electron chi connectivity index (χ3n) is 3.12. The third kappa shape index (κ3) is 3.30. The number of benzene rings is 1. The zero-order chi connectivity index (χ0) is 14.7. The van der Waals surface area contributed by atoms with Crippen LogP contribution in [-0.2, 0) is 4.79 Å². The van der Waals surface area contributed by atoms with E-state index in [4.69, 9.17) is 4.74 Å². The van der Waals surface area contributed by atoms with Crippen LogP contribution in [0.4, 0.5) is 4.79 Å². The van der Waals surface area contributed by atoms with Gasteiger partial charge in [0.15, 0.2) is 0 Å². The number of amides is 3. The fourth-order valence-corrected chi connectivity index (χ4v) is 2.25. The van der Waals surface area contributed by atoms with Gasteiger partial charge in [-0.3, -0.25) is 9.69 Å². The first-order valence-electron chi connectivity index (χ1n) is 6.49. The average Bonchev–Trinajstić information content (AvgIpc) is 2.69. The first-order chi connectivity index (χ1) is 9.49. The highest BCUT2D eigenvalue weighted by Gasteiger charge is 2.39. The van der Waals surface area contributed by atoms with Crippen LogP contribution in [0.3, 0.4) is 0 Å². The largest absolute Gasteiger partial charge is 0.492 e. The van der Waals surface area contributed by atoms with Crippen molar-refractivity contribution in [2.45, 2.75) is 19.9 Å². The molecule has 0 spiro atoms. The molecule has 1 aromatic rings. The summed E-state index contributed by atoms with van der Waals surface area (Å²) < 4.78 is 6.49. The Morgan fingerprint density at radius 2 is 1.95 bits per heavy atom. The van der Waals surface area contributed by atoms with Gasteiger partial charge in [-0.25, -0.2) is 4.79 Å². The molecule has 1 aromatic carbocycles. The number of imide groups is 1. The number of urea groups is 1. The molecular formula is C14H17BrN2O3. The summed E-state index contributed by atoms with van der Waals surface area (Å²) in [6.45, 7) is 4.35. The lowest BCUT2D eigenvalue weighted by Crippen LogP contribution is -2.36. The van der Waals surface area contributed by atoms with E-state index in [2.05, 4.69) is 21.2 Å². The van der Waals surface area contributed by atoms with Crippen LogP contribution in [0, 0.1) is 5.92 Å². The minimum Gasteiger partial charge on any atom is -0.492 e. The van der Waals surface area contributed by atoms with Crippen molar-refractivity contribution in [1.82, 2.24) is 10.2 Å². The van der Waals surface area contributed by atoms with Crippen molar-refractivity contribution in [3.05, 3.63) is 28.7 Å². The van der Waals surface area contributed by atoms with Crippen molar-refractivity contribution in [2.75, 3.05) is 13.2 Å². The number of hydrogen-bond donors (Lipinski definition) is 1. The third-order valence-corrected chi connectivity index (χ3v) is 3.65. The van der Waals surface area contributed by atoms with Crippen molar-refractivity contribution in [1.29, 1.82) is 0 Å². The number of nitrogens with zero attached hydrogens (tertiary/aromatic N) is 1. The normalized spacial score (nSPS) is 18.6. The lowest BCUT2D eigenvalue weighted by atomic mass is 10.1. The second kappa shape index (κ2) is 6.26. The maximum Gasteiger partial charge on any atom is 0.324 e. The predicted octanol–water partition coefficient (Wildman–Crippen LogP) is 2.40. The number of carbonyl (C=O) groups is 2. The minimum absolute atomic E-state index is 0.0869. The molecule has 3 amide bonds. The fourth-order valence-electron chi connectivity index (χ4n) is 1.99. The van der Waals surface area contributed by atoms with Crippen molar-refractivity contribution in [3.8, 4) is 5.75 Å². The van der Waals surface area contributed by atoms with Crippen LogP contribution < -0.4 is 10.1 Å². The molecule has 0 bridgehead atoms. The van der Waals surface area contributed by atoms with E-state index in [1.54, 1.807) is 0 Å². The van der Waals surface area contributed by atoms with Crippen molar-refractivity contribution < 1.29 is 14.3 Å². The van der Waals surface area contributed by atoms with E-state index in [-0.39, 0.29) is 31.0 Å². The molecule has 20 heavy (non-hydrogen) atoms. The smallest absolute Gasteiger partial charge is 0.324 e. The summed E-state index contributed by atoms with van der Waals surface area (Å²) in [5.41, 5.74) is 0. The molecule has 0 unspecified atom stereocenters. The molecule has 1 saturated heterocycles. The molecule has 2 rings (SSSR count). The summed E-state index contributed by atoms with van der Waals surface area (Å²) in [7, 11) is 0. The van der Waals surface area contributed by atoms with Crippen LogP contribution >= 0.6 is 15.9 Å². The summed E-state index contributed by atoms with van der Waals surface area (Å²) in [4.78, 5) is 25.0. The number of carbonyl (C=O) groups excluding carboxylic acids is 2. The Morgan fingerprint density at radius 3 is 2.50 bits per heavy atom. The Morgan fingerprint density at radius 1 is 1.30 bits per heavy atom. The van der Waals surface area contributed by atoms with Gasteiger partial charge < -0.3 is 10.1 Å². The van der Waals surface area contributed by atoms with Gasteiger partial charge in [-0.15, -0.1) is 0 Å². The summed E-state index contributed by atoms with van der Waals surface area (Å²) in [5, 5.41) is 2.68. The molecule has 1 aliphatic heterocycles. The van der Waals surface area contributed by atoms with E-state index in [0.29, 0.717) is 5.75 Å². The van der Waals surface area contributed by atoms with Gasteiger partial charge in [-0.2, -0.15) is 0 Å². The predicted molar refractivity (Wildman–Crippen MR) is 78.5 cm³/mol. The van der Waals surface area contributed by atoms with E-state index >= 15 is 0 Å². The van der Waals surface area contributed by atoms with Gasteiger partial charge in [0.05, 0.1) is 6.54 Å². The molecule has 0 aliphatic carbocycles. The molecule has 108 valence electrons. The maximum atomic E-state index is 12.0. The van der Waals surface area contributed by atoms with Crippen molar-refractivity contribution in [3.63, 3.8) is 0 Å². The van der Waals surface area contributed by atoms with Crippen molar-refractivity contribution in [2.24, 2.45) is 5.92 Å². The zero-order valence-electron chi connectivity index (χ0n) is 11.4. The molecule has 0 saturated carbocycles. The maximum absolute atomic E-state index is 12.0. The van der Waals surface area contributed by atoms with E-state index in [0.717, 1.165) is 4.47 Å². The molecule has 1 atom stereocenters. The molecule has 1 fully saturated rings. The second-order valence-corrected chi connectivity index (χ2v) is 5.88. The SMILES string of the molecule is CC(C)[C@H]1NC(=O)N(CCOc2ccc(Br)cc2)C1=O. The van der Waals surface area contributed by atoms with Gasteiger partial charge in [-0.1, -0.05) is 29.8 Å². The van der Waals surface area contributed by atoms with Crippen LogP contribution in [0.15, 0.2) is 28.7 Å². The van der Waals surface area contributed by atoms with E-state index < -0.39 is 6.04 Å². The molecule has 1 N–H and O–H groups in total. The standard InChI is InChI=1S/C14H17BrN2O3/c1-9(2)12-13(18)17(14(19)16-12)7-8-20-11-5-3-10(15)4-6-11/h3-6,9,12H,7-8H2,1-2H3,(H,16,19)/t12-/m1/s1. The molecule has 1 heterocycles. The van der Waals surface area contributed by atoms with Gasteiger partial charge in [0.1, 0.15) is 18.4 Å². The fraction of sp³-hybridized carbons (Fsp3) is 0.429. The number of ether oxygens (including phenoxy) is 1. The number of nitrogens with one attached hydrogen (secondary N) is 1. The molecule has 5 nitrogen and oxygen atoms in total. The molecule has 6 heteroatoms. The average molecular weight is 341 g/mol. The Hall–Kier alpha value is -1.56. The topological polar surface area (TPSA) is 58.6 Å². The Balaban J connectivity index is 1.86. The van der Waals surface area contributed by atoms with Crippen LogP contribution in [0.1, 0.15) is 13.8 Å². The summed E-state index contributed by atoms with van der Waals surface area (Å²) in [6, 6.07) is 6.64. The molecule has 1 aliphatic rings. The highest BCUT2D eigenvalue weighted by atomic mass is 79.9. The van der Waals surface area contributed by atoms with Crippen LogP contribution in [0.25, 0.3) is 0 Å². The Kier molecular flexibility index (Phi) is 4.65. The Labute approximate surface area is 126 Å². The Bertz CT molecular complexity index is 502. The van der Waals surface area contributed by atoms with E-state index in [9.17, 15) is 9.59 Å². The second-order valence-electron chi connectivity index (χ2n) is 4.96. The number of rotatable bonds is 5. The van der Waals surface area contributed by atoms with Crippen LogP contribution in [0.5, 0.6) is 5.75 Å². The summed E-state index contributed by atoms with van der Waals surface area (Å²) in [5.74, 6) is 0.619. The lowest BCUT2D eigenvalue weighted by Gasteiger charge is -2.14. The van der Waals surface area contributed by atoms with Gasteiger partial charge >= 0.3 is 6.03 Å². The molecule has 0 aromatic heterocycles. The van der Waals surface area contributed by atoms with Gasteiger partial charge in [-0.05, 0) is 30.2 Å². The lowest BCUT2D eigenvalue weighted by molar-refractivity contribution is -0.128. The van der Waals surface area contributed by atoms with Crippen LogP contribution in [0.2, 0.25) is 0 Å². The van der Waals surface area contributed by atoms with Gasteiger partial charge in [0, 0.05) is 4.47 Å². The van der Waals surface area contributed by atoms with Gasteiger partial charge in [0.2, 0.25) is 0 Å². The van der Waals surface area contributed by atoms with E-state index in [1.807, 2.05) is 38.1 Å². The summed E-state index contributed by atoms with van der Waals surface area (Å²) >= 11 is 3.34. The molecular weight excluding hydrogens is 324 g/mol. The highest BCUT2D eigenvalue weighted by molar-refractivity contribution is 9.10. The number of hydrogen-bond acceptors (Lipinski definition) is 3. The summed E-state index contributed by atoms with van der Waals surface area (Å²) in [6.07, 6.45) is 0. The first kappa shape index (κ1) is 14.8. The highest BCUT2D eigenvalue weighted by Crippen LogP contribution is 2.17. The minimum atomic E-state index is -0.421. The zero-order valence-corrected chi connectivity index (χ0v) is 13.0. The molecule has 0 radical (unpaired) electrons. The van der Waals surface area contributed by atoms with Gasteiger partial charge in [0.25, 0.3) is 5.91 Å².